The summed E-state index contributed by atoms with van der Waals surface area (Å²) in [5.41, 5.74) is 9.90. The first-order chi connectivity index (χ1) is 5.46. The van der Waals surface area contributed by atoms with Crippen LogP contribution in [0.25, 0.3) is 0 Å². The number of halogens is 2. The molecule has 0 radical (unpaired) electrons. The topological polar surface area (TPSA) is 52.0 Å². The first kappa shape index (κ1) is 12.0. The summed E-state index contributed by atoms with van der Waals surface area (Å²) < 4.78 is -1.19. The van der Waals surface area contributed by atoms with Crippen LogP contribution in [0, 0.1) is 0 Å². The van der Waals surface area contributed by atoms with E-state index >= 15 is 0 Å². The first-order valence-corrected chi connectivity index (χ1v) is 4.54. The highest BCUT2D eigenvalue weighted by Crippen LogP contribution is 2.33. The summed E-state index contributed by atoms with van der Waals surface area (Å²) in [6, 6.07) is 0. The Morgan fingerprint density at radius 3 is 1.67 bits per heavy atom. The van der Waals surface area contributed by atoms with Crippen molar-refractivity contribution in [3.8, 4) is 0 Å². The molecular formula is C8H14Cl2N2. The highest BCUT2D eigenvalue weighted by Gasteiger charge is 2.40. The van der Waals surface area contributed by atoms with E-state index in [9.17, 15) is 0 Å². The lowest BCUT2D eigenvalue weighted by atomic mass is 10.0. The zero-order chi connectivity index (χ0) is 9.83. The molecule has 0 amide bonds. The van der Waals surface area contributed by atoms with Crippen molar-refractivity contribution < 1.29 is 0 Å². The van der Waals surface area contributed by atoms with Crippen molar-refractivity contribution in [2.45, 2.75) is 23.8 Å². The largest absolute Gasteiger partial charge is 0.307 e. The van der Waals surface area contributed by atoms with E-state index in [1.54, 1.807) is 24.3 Å². The van der Waals surface area contributed by atoms with E-state index < -0.39 is 10.00 Å². The zero-order valence-corrected chi connectivity index (χ0v) is 8.73. The summed E-state index contributed by atoms with van der Waals surface area (Å²) in [5.74, 6) is 0. The first-order valence-electron chi connectivity index (χ1n) is 3.78. The van der Waals surface area contributed by atoms with Crippen molar-refractivity contribution in [3.63, 3.8) is 0 Å². The number of nitrogens with two attached hydrogens (primary N) is 2. The van der Waals surface area contributed by atoms with Crippen LogP contribution in [-0.4, -0.2) is 10.00 Å². The molecule has 0 saturated carbocycles. The molecule has 4 N–H and O–H groups in total. The molecule has 0 unspecified atom stereocenters. The molecule has 0 aromatic heterocycles. The third-order valence-electron chi connectivity index (χ3n) is 1.37. The van der Waals surface area contributed by atoms with Gasteiger partial charge >= 0.3 is 0 Å². The monoisotopic (exact) mass is 208 g/mol. The summed E-state index contributed by atoms with van der Waals surface area (Å²) in [4.78, 5) is 0. The summed E-state index contributed by atoms with van der Waals surface area (Å²) in [5, 5.41) is 0. The van der Waals surface area contributed by atoms with Gasteiger partial charge in [-0.2, -0.15) is 0 Å². The van der Waals surface area contributed by atoms with E-state index in [0.29, 0.717) is 0 Å². The molecule has 4 heteroatoms. The number of hydrogen-bond donors (Lipinski definition) is 2. The van der Waals surface area contributed by atoms with Gasteiger partial charge in [0.25, 0.3) is 0 Å². The highest BCUT2D eigenvalue weighted by atomic mass is 35.5. The summed E-state index contributed by atoms with van der Waals surface area (Å²) >= 11 is 11.5. The van der Waals surface area contributed by atoms with Gasteiger partial charge in [0.15, 0.2) is 4.33 Å². The summed E-state index contributed by atoms with van der Waals surface area (Å²) in [6.07, 6.45) is 6.53. The van der Waals surface area contributed by atoms with Crippen LogP contribution in [0.4, 0.5) is 0 Å². The minimum atomic E-state index is -1.19. The van der Waals surface area contributed by atoms with Crippen LogP contribution in [0.2, 0.25) is 0 Å². The maximum absolute atomic E-state index is 5.74. The van der Waals surface area contributed by atoms with Crippen LogP contribution in [0.3, 0.4) is 0 Å². The van der Waals surface area contributed by atoms with Crippen LogP contribution in [0.5, 0.6) is 0 Å². The lowest BCUT2D eigenvalue weighted by Gasteiger charge is -2.33. The van der Waals surface area contributed by atoms with Gasteiger partial charge in [0.1, 0.15) is 5.66 Å². The second-order valence-electron chi connectivity index (χ2n) is 2.27. The summed E-state index contributed by atoms with van der Waals surface area (Å²) in [6.45, 7) is 4.00. The number of alkyl halides is 2. The third kappa shape index (κ3) is 2.49. The standard InChI is InChI=1S/C6H8Cl2N2.C2H6/c7-5(8)3-1-2-4-6(5,9)10;1-2/h1-4H,9-10H2;1-2H3. The molecular weight excluding hydrogens is 195 g/mol. The van der Waals surface area contributed by atoms with Crippen molar-refractivity contribution >= 4 is 23.2 Å². The Bertz CT molecular complexity index is 173. The van der Waals surface area contributed by atoms with E-state index in [1.165, 1.54) is 0 Å². The molecule has 0 atom stereocenters. The maximum Gasteiger partial charge on any atom is 0.170 e. The Hall–Kier alpha value is -0.0200. The highest BCUT2D eigenvalue weighted by molar-refractivity contribution is 6.51. The molecule has 0 aliphatic heterocycles. The van der Waals surface area contributed by atoms with Crippen LogP contribution >= 0.6 is 23.2 Å². The second-order valence-corrected chi connectivity index (χ2v) is 3.66. The molecule has 1 aliphatic carbocycles. The van der Waals surface area contributed by atoms with E-state index in [1.807, 2.05) is 13.8 Å². The van der Waals surface area contributed by atoms with Crippen LogP contribution in [-0.2, 0) is 0 Å². The fourth-order valence-electron chi connectivity index (χ4n) is 0.647. The van der Waals surface area contributed by atoms with Crippen molar-refractivity contribution in [3.05, 3.63) is 24.3 Å². The fourth-order valence-corrected chi connectivity index (χ4v) is 0.918. The van der Waals surface area contributed by atoms with Crippen molar-refractivity contribution in [1.82, 2.24) is 0 Å². The second kappa shape index (κ2) is 4.28. The average Bonchev–Trinajstić information content (AvgIpc) is 2.00. The van der Waals surface area contributed by atoms with E-state index in [4.69, 9.17) is 34.7 Å². The molecule has 0 bridgehead atoms. The Morgan fingerprint density at radius 1 is 1.00 bits per heavy atom. The lowest BCUT2D eigenvalue weighted by Crippen LogP contribution is -2.60. The molecule has 1 aliphatic rings. The normalized spacial score (nSPS) is 22.8. The molecule has 12 heavy (non-hydrogen) atoms. The lowest BCUT2D eigenvalue weighted by molar-refractivity contribution is 0.530. The average molecular weight is 209 g/mol. The van der Waals surface area contributed by atoms with Gasteiger partial charge in [0.05, 0.1) is 0 Å². The Kier molecular flexibility index (Phi) is 4.28. The zero-order valence-electron chi connectivity index (χ0n) is 7.22. The van der Waals surface area contributed by atoms with Gasteiger partial charge in [-0.05, 0) is 12.2 Å². The van der Waals surface area contributed by atoms with Gasteiger partial charge < -0.3 is 11.5 Å². The Morgan fingerprint density at radius 2 is 1.42 bits per heavy atom. The van der Waals surface area contributed by atoms with Gasteiger partial charge in [-0.1, -0.05) is 49.2 Å². The minimum absolute atomic E-state index is 1.16. The van der Waals surface area contributed by atoms with Crippen LogP contribution in [0.1, 0.15) is 13.8 Å². The SMILES string of the molecule is CC.NC1(N)C=CC=CC1(Cl)Cl. The Labute approximate surface area is 83.2 Å². The molecule has 0 aromatic rings. The van der Waals surface area contributed by atoms with E-state index in [-0.39, 0.29) is 0 Å². The minimum Gasteiger partial charge on any atom is -0.307 e. The molecule has 0 heterocycles. The summed E-state index contributed by atoms with van der Waals surface area (Å²) in [7, 11) is 0. The fraction of sp³-hybridized carbons (Fsp3) is 0.500. The predicted molar refractivity (Wildman–Crippen MR) is 55.2 cm³/mol. The van der Waals surface area contributed by atoms with Gasteiger partial charge in [-0.3, -0.25) is 0 Å². The third-order valence-corrected chi connectivity index (χ3v) is 2.27. The van der Waals surface area contributed by atoms with Gasteiger partial charge in [-0.15, -0.1) is 0 Å². The molecule has 0 spiro atoms. The van der Waals surface area contributed by atoms with Gasteiger partial charge in [0.2, 0.25) is 0 Å². The molecule has 1 rings (SSSR count). The number of hydrogen-bond acceptors (Lipinski definition) is 2. The smallest absolute Gasteiger partial charge is 0.170 e. The molecule has 70 valence electrons. The quantitative estimate of drug-likeness (QED) is 0.473. The number of allylic oxidation sites excluding steroid dienone is 2. The van der Waals surface area contributed by atoms with Crippen molar-refractivity contribution in [2.75, 3.05) is 0 Å². The Balaban J connectivity index is 0.000000561. The molecule has 0 saturated heterocycles. The molecule has 0 fully saturated rings. The van der Waals surface area contributed by atoms with Crippen LogP contribution in [0.15, 0.2) is 24.3 Å². The van der Waals surface area contributed by atoms with Gasteiger partial charge in [-0.25, -0.2) is 0 Å². The predicted octanol–water partition coefficient (Wildman–Crippen LogP) is 1.93. The van der Waals surface area contributed by atoms with Crippen molar-refractivity contribution in [1.29, 1.82) is 0 Å². The molecule has 2 nitrogen and oxygen atoms in total. The maximum atomic E-state index is 5.74. The number of rotatable bonds is 0. The van der Waals surface area contributed by atoms with Crippen LogP contribution < -0.4 is 11.5 Å². The van der Waals surface area contributed by atoms with E-state index in [2.05, 4.69) is 0 Å². The van der Waals surface area contributed by atoms with Crippen molar-refractivity contribution in [2.24, 2.45) is 11.5 Å². The molecule has 0 aromatic carbocycles. The van der Waals surface area contributed by atoms with E-state index in [0.717, 1.165) is 0 Å². The van der Waals surface area contributed by atoms with Gasteiger partial charge in [0, 0.05) is 0 Å².